The summed E-state index contributed by atoms with van der Waals surface area (Å²) in [6.45, 7) is 7.35. The molecule has 1 rings (SSSR count). The van der Waals surface area contributed by atoms with Crippen molar-refractivity contribution in [3.8, 4) is 0 Å². The molecule has 1 aromatic rings. The third kappa shape index (κ3) is 10.2. The third-order valence-corrected chi connectivity index (χ3v) is 4.88. The average Bonchev–Trinajstić information content (AvgIpc) is 2.69. The van der Waals surface area contributed by atoms with Crippen LogP contribution in [0.2, 0.25) is 0 Å². The van der Waals surface area contributed by atoms with Gasteiger partial charge in [0.2, 0.25) is 0 Å². The van der Waals surface area contributed by atoms with E-state index in [1.54, 1.807) is 24.3 Å². The van der Waals surface area contributed by atoms with Gasteiger partial charge in [0, 0.05) is 0 Å². The predicted octanol–water partition coefficient (Wildman–Crippen LogP) is 6.19. The van der Waals surface area contributed by atoms with Gasteiger partial charge in [-0.25, -0.2) is 9.59 Å². The molecular formula is C23H36O4. The van der Waals surface area contributed by atoms with Crippen LogP contribution in [0, 0.1) is 5.92 Å². The Morgan fingerprint density at radius 1 is 0.778 bits per heavy atom. The Labute approximate surface area is 164 Å². The quantitative estimate of drug-likeness (QED) is 0.287. The Hall–Kier alpha value is -1.84. The van der Waals surface area contributed by atoms with Gasteiger partial charge in [0.05, 0.1) is 24.3 Å². The molecule has 27 heavy (non-hydrogen) atoms. The van der Waals surface area contributed by atoms with Gasteiger partial charge in [-0.3, -0.25) is 0 Å². The van der Waals surface area contributed by atoms with E-state index < -0.39 is 0 Å². The summed E-state index contributed by atoms with van der Waals surface area (Å²) in [6, 6.07) is 6.49. The summed E-state index contributed by atoms with van der Waals surface area (Å²) in [6.07, 6.45) is 10.3. The SMILES string of the molecule is CCCCCCCCCOC(=O)c1ccc(C(=O)OCCC(C)CC)cc1. The zero-order valence-electron chi connectivity index (χ0n) is 17.3. The Morgan fingerprint density at radius 2 is 1.26 bits per heavy atom. The topological polar surface area (TPSA) is 52.6 Å². The highest BCUT2D eigenvalue weighted by molar-refractivity contribution is 5.93. The lowest BCUT2D eigenvalue weighted by Crippen LogP contribution is -2.10. The van der Waals surface area contributed by atoms with Crippen molar-refractivity contribution in [2.75, 3.05) is 13.2 Å². The Balaban J connectivity index is 2.25. The first kappa shape index (κ1) is 23.2. The fraction of sp³-hybridized carbons (Fsp3) is 0.652. The molecule has 0 aliphatic rings. The Bertz CT molecular complexity index is 536. The molecule has 152 valence electrons. The first-order valence-electron chi connectivity index (χ1n) is 10.5. The molecule has 0 aliphatic heterocycles. The molecule has 0 saturated heterocycles. The van der Waals surface area contributed by atoms with Gasteiger partial charge in [-0.2, -0.15) is 0 Å². The number of carbonyl (C=O) groups is 2. The van der Waals surface area contributed by atoms with E-state index >= 15 is 0 Å². The number of hydrogen-bond acceptors (Lipinski definition) is 4. The molecule has 0 aliphatic carbocycles. The van der Waals surface area contributed by atoms with Crippen LogP contribution in [0.25, 0.3) is 0 Å². The van der Waals surface area contributed by atoms with Crippen molar-refractivity contribution in [3.63, 3.8) is 0 Å². The molecule has 0 bridgehead atoms. The summed E-state index contributed by atoms with van der Waals surface area (Å²) in [5.74, 6) is -0.134. The van der Waals surface area contributed by atoms with E-state index in [1.165, 1.54) is 32.1 Å². The first-order chi connectivity index (χ1) is 13.1. The standard InChI is InChI=1S/C23H36O4/c1-4-6-7-8-9-10-11-17-26-22(24)20-12-14-21(15-13-20)23(25)27-18-16-19(3)5-2/h12-15,19H,4-11,16-18H2,1-3H3. The maximum Gasteiger partial charge on any atom is 0.338 e. The molecular weight excluding hydrogens is 340 g/mol. The summed E-state index contributed by atoms with van der Waals surface area (Å²) >= 11 is 0. The van der Waals surface area contributed by atoms with Crippen LogP contribution in [-0.2, 0) is 9.47 Å². The number of benzene rings is 1. The van der Waals surface area contributed by atoms with E-state index in [4.69, 9.17) is 9.47 Å². The third-order valence-electron chi connectivity index (χ3n) is 4.88. The summed E-state index contributed by atoms with van der Waals surface area (Å²) in [5.41, 5.74) is 0.928. The summed E-state index contributed by atoms with van der Waals surface area (Å²) < 4.78 is 10.6. The average molecular weight is 377 g/mol. The number of carbonyl (C=O) groups excluding carboxylic acids is 2. The van der Waals surface area contributed by atoms with Crippen molar-refractivity contribution in [1.82, 2.24) is 0 Å². The van der Waals surface area contributed by atoms with Crippen LogP contribution in [0.1, 0.15) is 99.3 Å². The molecule has 0 radical (unpaired) electrons. The normalized spacial score (nSPS) is 11.8. The van der Waals surface area contributed by atoms with Crippen molar-refractivity contribution >= 4 is 11.9 Å². The van der Waals surface area contributed by atoms with Gasteiger partial charge < -0.3 is 9.47 Å². The fourth-order valence-electron chi connectivity index (χ4n) is 2.69. The highest BCUT2D eigenvalue weighted by Gasteiger charge is 2.11. The maximum atomic E-state index is 12.0. The molecule has 0 heterocycles. The second-order valence-electron chi connectivity index (χ2n) is 7.27. The Kier molecular flexibility index (Phi) is 12.2. The van der Waals surface area contributed by atoms with Crippen LogP contribution < -0.4 is 0 Å². The Morgan fingerprint density at radius 3 is 1.78 bits per heavy atom. The molecule has 0 N–H and O–H groups in total. The van der Waals surface area contributed by atoms with Gasteiger partial charge >= 0.3 is 11.9 Å². The van der Waals surface area contributed by atoms with Crippen LogP contribution in [0.5, 0.6) is 0 Å². The zero-order chi connectivity index (χ0) is 19.9. The maximum absolute atomic E-state index is 12.0. The number of ether oxygens (including phenoxy) is 2. The minimum atomic E-state index is -0.346. The molecule has 1 aromatic carbocycles. The number of hydrogen-bond donors (Lipinski definition) is 0. The minimum Gasteiger partial charge on any atom is -0.462 e. The van der Waals surface area contributed by atoms with Crippen molar-refractivity contribution < 1.29 is 19.1 Å². The van der Waals surface area contributed by atoms with Crippen LogP contribution in [0.4, 0.5) is 0 Å². The second kappa shape index (κ2) is 14.2. The van der Waals surface area contributed by atoms with E-state index in [-0.39, 0.29) is 11.9 Å². The van der Waals surface area contributed by atoms with E-state index in [1.807, 2.05) is 0 Å². The highest BCUT2D eigenvalue weighted by Crippen LogP contribution is 2.11. The lowest BCUT2D eigenvalue weighted by molar-refractivity contribution is 0.0475. The molecule has 1 unspecified atom stereocenters. The lowest BCUT2D eigenvalue weighted by Gasteiger charge is -2.09. The van der Waals surface area contributed by atoms with Crippen LogP contribution >= 0.6 is 0 Å². The smallest absolute Gasteiger partial charge is 0.338 e. The van der Waals surface area contributed by atoms with Gasteiger partial charge in [0.25, 0.3) is 0 Å². The first-order valence-corrected chi connectivity index (χ1v) is 10.5. The predicted molar refractivity (Wildman–Crippen MR) is 109 cm³/mol. The molecule has 1 atom stereocenters. The van der Waals surface area contributed by atoms with E-state index in [0.717, 1.165) is 25.7 Å². The number of esters is 2. The minimum absolute atomic E-state index is 0.335. The summed E-state index contributed by atoms with van der Waals surface area (Å²) in [5, 5.41) is 0. The largest absolute Gasteiger partial charge is 0.462 e. The lowest BCUT2D eigenvalue weighted by atomic mass is 10.1. The van der Waals surface area contributed by atoms with Crippen LogP contribution in [-0.4, -0.2) is 25.2 Å². The molecule has 0 saturated carbocycles. The molecule has 4 heteroatoms. The molecule has 0 amide bonds. The molecule has 0 fully saturated rings. The van der Waals surface area contributed by atoms with Crippen molar-refractivity contribution in [3.05, 3.63) is 35.4 Å². The van der Waals surface area contributed by atoms with Crippen LogP contribution in [0.15, 0.2) is 24.3 Å². The van der Waals surface area contributed by atoms with Crippen molar-refractivity contribution in [1.29, 1.82) is 0 Å². The van der Waals surface area contributed by atoms with Crippen LogP contribution in [0.3, 0.4) is 0 Å². The van der Waals surface area contributed by atoms with Gasteiger partial charge in [0.1, 0.15) is 0 Å². The van der Waals surface area contributed by atoms with E-state index in [9.17, 15) is 9.59 Å². The highest BCUT2D eigenvalue weighted by atomic mass is 16.5. The molecule has 0 spiro atoms. The van der Waals surface area contributed by atoms with Gasteiger partial charge in [-0.1, -0.05) is 65.7 Å². The number of unbranched alkanes of at least 4 members (excludes halogenated alkanes) is 6. The monoisotopic (exact) mass is 376 g/mol. The number of rotatable bonds is 14. The summed E-state index contributed by atoms with van der Waals surface area (Å²) in [4.78, 5) is 24.0. The van der Waals surface area contributed by atoms with Crippen molar-refractivity contribution in [2.24, 2.45) is 5.92 Å². The van der Waals surface area contributed by atoms with E-state index in [2.05, 4.69) is 20.8 Å². The zero-order valence-corrected chi connectivity index (χ0v) is 17.3. The molecule has 4 nitrogen and oxygen atoms in total. The fourth-order valence-corrected chi connectivity index (χ4v) is 2.69. The van der Waals surface area contributed by atoms with Gasteiger partial charge in [-0.15, -0.1) is 0 Å². The van der Waals surface area contributed by atoms with Gasteiger partial charge in [-0.05, 0) is 43.0 Å². The molecule has 0 aromatic heterocycles. The van der Waals surface area contributed by atoms with E-state index in [0.29, 0.717) is 30.3 Å². The van der Waals surface area contributed by atoms with Crippen molar-refractivity contribution in [2.45, 2.75) is 78.6 Å². The summed E-state index contributed by atoms with van der Waals surface area (Å²) in [7, 11) is 0. The van der Waals surface area contributed by atoms with Gasteiger partial charge in [0.15, 0.2) is 0 Å². The second-order valence-corrected chi connectivity index (χ2v) is 7.27.